The van der Waals surface area contributed by atoms with Crippen molar-refractivity contribution in [2.45, 2.75) is 6.42 Å². The molecule has 0 aliphatic rings. The molecule has 0 fully saturated rings. The van der Waals surface area contributed by atoms with E-state index in [1.165, 1.54) is 12.3 Å². The normalized spacial score (nSPS) is 10.1. The van der Waals surface area contributed by atoms with Crippen LogP contribution in [0.25, 0.3) is 0 Å². The van der Waals surface area contributed by atoms with Crippen molar-refractivity contribution in [2.75, 3.05) is 0 Å². The Balaban J connectivity index is 2.48. The van der Waals surface area contributed by atoms with Crippen molar-refractivity contribution in [3.8, 4) is 0 Å². The molecule has 1 aromatic heterocycles. The molecule has 96 valence electrons. The quantitative estimate of drug-likeness (QED) is 0.847. The SMILES string of the molecule is NC(=O)c1ccnc(Cc2ccccc2)c1C(N)=O. The molecule has 0 unspecified atom stereocenters. The van der Waals surface area contributed by atoms with Crippen LogP contribution in [-0.4, -0.2) is 16.8 Å². The fourth-order valence-electron chi connectivity index (χ4n) is 1.91. The molecule has 0 aliphatic heterocycles. The van der Waals surface area contributed by atoms with Crippen molar-refractivity contribution < 1.29 is 9.59 Å². The van der Waals surface area contributed by atoms with Crippen LogP contribution in [0.4, 0.5) is 0 Å². The number of nitrogens with two attached hydrogens (primary N) is 2. The Morgan fingerprint density at radius 3 is 2.26 bits per heavy atom. The average Bonchev–Trinajstić information content (AvgIpc) is 2.39. The zero-order chi connectivity index (χ0) is 13.8. The molecule has 0 bridgehead atoms. The van der Waals surface area contributed by atoms with Crippen LogP contribution >= 0.6 is 0 Å². The zero-order valence-corrected chi connectivity index (χ0v) is 10.2. The second-order valence-electron chi connectivity index (χ2n) is 4.07. The maximum Gasteiger partial charge on any atom is 0.251 e. The monoisotopic (exact) mass is 255 g/mol. The first kappa shape index (κ1) is 12.8. The molecule has 5 heteroatoms. The van der Waals surface area contributed by atoms with E-state index < -0.39 is 11.8 Å². The van der Waals surface area contributed by atoms with E-state index in [1.807, 2.05) is 30.3 Å². The summed E-state index contributed by atoms with van der Waals surface area (Å²) in [6.07, 6.45) is 1.87. The molecular formula is C14H13N3O2. The van der Waals surface area contributed by atoms with Gasteiger partial charge in [-0.25, -0.2) is 0 Å². The summed E-state index contributed by atoms with van der Waals surface area (Å²) in [6.45, 7) is 0. The predicted molar refractivity (Wildman–Crippen MR) is 70.5 cm³/mol. The van der Waals surface area contributed by atoms with E-state index in [0.717, 1.165) is 5.56 Å². The molecule has 2 rings (SSSR count). The number of benzene rings is 1. The van der Waals surface area contributed by atoms with Gasteiger partial charge in [0.15, 0.2) is 0 Å². The maximum absolute atomic E-state index is 11.5. The molecule has 2 aromatic rings. The van der Waals surface area contributed by atoms with Crippen molar-refractivity contribution in [2.24, 2.45) is 11.5 Å². The summed E-state index contributed by atoms with van der Waals surface area (Å²) in [4.78, 5) is 27.0. The summed E-state index contributed by atoms with van der Waals surface area (Å²) in [5.74, 6) is -1.39. The van der Waals surface area contributed by atoms with Gasteiger partial charge in [0.2, 0.25) is 5.91 Å². The predicted octanol–water partition coefficient (Wildman–Crippen LogP) is 0.870. The molecule has 0 radical (unpaired) electrons. The Morgan fingerprint density at radius 1 is 1.00 bits per heavy atom. The van der Waals surface area contributed by atoms with Gasteiger partial charge < -0.3 is 11.5 Å². The van der Waals surface area contributed by atoms with Crippen LogP contribution in [0.5, 0.6) is 0 Å². The molecule has 0 aliphatic carbocycles. The molecule has 1 heterocycles. The van der Waals surface area contributed by atoms with E-state index in [-0.39, 0.29) is 11.1 Å². The van der Waals surface area contributed by atoms with E-state index in [1.54, 1.807) is 0 Å². The summed E-state index contributed by atoms with van der Waals surface area (Å²) in [5.41, 5.74) is 12.2. The Morgan fingerprint density at radius 2 is 1.68 bits per heavy atom. The van der Waals surface area contributed by atoms with E-state index in [0.29, 0.717) is 12.1 Å². The Labute approximate surface area is 110 Å². The number of aromatic nitrogens is 1. The molecule has 0 saturated heterocycles. The van der Waals surface area contributed by atoms with Gasteiger partial charge in [-0.2, -0.15) is 0 Å². The first-order chi connectivity index (χ1) is 9.09. The number of carbonyl (C=O) groups is 2. The maximum atomic E-state index is 11.5. The Bertz CT molecular complexity index is 624. The number of nitrogens with zero attached hydrogens (tertiary/aromatic N) is 1. The van der Waals surface area contributed by atoms with Gasteiger partial charge in [0.25, 0.3) is 5.91 Å². The number of amides is 2. The average molecular weight is 255 g/mol. The highest BCUT2D eigenvalue weighted by Crippen LogP contribution is 2.15. The van der Waals surface area contributed by atoms with Crippen LogP contribution in [0.1, 0.15) is 32.0 Å². The van der Waals surface area contributed by atoms with Crippen molar-refractivity contribution in [1.29, 1.82) is 0 Å². The van der Waals surface area contributed by atoms with E-state index in [9.17, 15) is 9.59 Å². The third-order valence-corrected chi connectivity index (χ3v) is 2.76. The summed E-state index contributed by atoms with van der Waals surface area (Å²) in [6, 6.07) is 10.9. The highest BCUT2D eigenvalue weighted by atomic mass is 16.2. The number of pyridine rings is 1. The van der Waals surface area contributed by atoms with Gasteiger partial charge in [0.05, 0.1) is 16.8 Å². The van der Waals surface area contributed by atoms with Crippen LogP contribution < -0.4 is 11.5 Å². The molecule has 4 N–H and O–H groups in total. The highest BCUT2D eigenvalue weighted by Gasteiger charge is 2.18. The van der Waals surface area contributed by atoms with Gasteiger partial charge in [-0.15, -0.1) is 0 Å². The summed E-state index contributed by atoms with van der Waals surface area (Å²) in [7, 11) is 0. The molecule has 1 aromatic carbocycles. The summed E-state index contributed by atoms with van der Waals surface area (Å²) >= 11 is 0. The fourth-order valence-corrected chi connectivity index (χ4v) is 1.91. The molecule has 5 nitrogen and oxygen atoms in total. The third-order valence-electron chi connectivity index (χ3n) is 2.76. The number of carbonyl (C=O) groups excluding carboxylic acids is 2. The van der Waals surface area contributed by atoms with Gasteiger partial charge in [0, 0.05) is 12.6 Å². The topological polar surface area (TPSA) is 99.1 Å². The van der Waals surface area contributed by atoms with E-state index >= 15 is 0 Å². The van der Waals surface area contributed by atoms with Crippen molar-refractivity contribution >= 4 is 11.8 Å². The molecule has 2 amide bonds. The standard InChI is InChI=1S/C14H13N3O2/c15-13(18)10-6-7-17-11(12(10)14(16)19)8-9-4-2-1-3-5-9/h1-7H,8H2,(H2,15,18)(H2,16,19). The first-order valence-corrected chi connectivity index (χ1v) is 5.71. The van der Waals surface area contributed by atoms with Crippen molar-refractivity contribution in [3.63, 3.8) is 0 Å². The summed E-state index contributed by atoms with van der Waals surface area (Å²) < 4.78 is 0. The van der Waals surface area contributed by atoms with Gasteiger partial charge in [0.1, 0.15) is 0 Å². The van der Waals surface area contributed by atoms with Gasteiger partial charge in [-0.05, 0) is 11.6 Å². The van der Waals surface area contributed by atoms with Gasteiger partial charge >= 0.3 is 0 Å². The van der Waals surface area contributed by atoms with Crippen LogP contribution in [0, 0.1) is 0 Å². The minimum atomic E-state index is -0.701. The van der Waals surface area contributed by atoms with Crippen molar-refractivity contribution in [3.05, 3.63) is 65.0 Å². The van der Waals surface area contributed by atoms with Crippen LogP contribution in [0.2, 0.25) is 0 Å². The van der Waals surface area contributed by atoms with E-state index in [2.05, 4.69) is 4.98 Å². The minimum Gasteiger partial charge on any atom is -0.366 e. The molecule has 19 heavy (non-hydrogen) atoms. The van der Waals surface area contributed by atoms with Crippen LogP contribution in [0.15, 0.2) is 42.6 Å². The lowest BCUT2D eigenvalue weighted by Gasteiger charge is -2.09. The molecule has 0 spiro atoms. The Hall–Kier alpha value is -2.69. The first-order valence-electron chi connectivity index (χ1n) is 5.71. The number of primary amides is 2. The smallest absolute Gasteiger partial charge is 0.251 e. The summed E-state index contributed by atoms with van der Waals surface area (Å²) in [5, 5.41) is 0. The minimum absolute atomic E-state index is 0.0962. The fraction of sp³-hybridized carbons (Fsp3) is 0.0714. The lowest BCUT2D eigenvalue weighted by atomic mass is 10.00. The number of rotatable bonds is 4. The van der Waals surface area contributed by atoms with Crippen LogP contribution in [-0.2, 0) is 6.42 Å². The second-order valence-corrected chi connectivity index (χ2v) is 4.07. The van der Waals surface area contributed by atoms with E-state index in [4.69, 9.17) is 11.5 Å². The lowest BCUT2D eigenvalue weighted by Crippen LogP contribution is -2.23. The lowest BCUT2D eigenvalue weighted by molar-refractivity contribution is 0.0966. The molecule has 0 atom stereocenters. The third kappa shape index (κ3) is 2.77. The largest absolute Gasteiger partial charge is 0.366 e. The number of hydrogen-bond acceptors (Lipinski definition) is 3. The van der Waals surface area contributed by atoms with Gasteiger partial charge in [-0.1, -0.05) is 30.3 Å². The molecular weight excluding hydrogens is 242 g/mol. The van der Waals surface area contributed by atoms with Crippen molar-refractivity contribution in [1.82, 2.24) is 4.98 Å². The highest BCUT2D eigenvalue weighted by molar-refractivity contribution is 6.06. The number of hydrogen-bond donors (Lipinski definition) is 2. The second kappa shape index (κ2) is 5.30. The van der Waals surface area contributed by atoms with Crippen LogP contribution in [0.3, 0.4) is 0 Å². The molecule has 0 saturated carbocycles. The Kier molecular flexibility index (Phi) is 3.56. The van der Waals surface area contributed by atoms with Gasteiger partial charge in [-0.3, -0.25) is 14.6 Å². The zero-order valence-electron chi connectivity index (χ0n) is 10.2.